The number of thioether (sulfide) groups is 1. The lowest BCUT2D eigenvalue weighted by Crippen LogP contribution is -2.34. The van der Waals surface area contributed by atoms with E-state index in [-0.39, 0.29) is 5.54 Å². The van der Waals surface area contributed by atoms with Crippen molar-refractivity contribution in [3.8, 4) is 0 Å². The third-order valence-electron chi connectivity index (χ3n) is 2.12. The zero-order valence-corrected chi connectivity index (χ0v) is 11.0. The third kappa shape index (κ3) is 12.3. The largest absolute Gasteiger partial charge is 0.325 e. The molecule has 0 aromatic carbocycles. The van der Waals surface area contributed by atoms with Gasteiger partial charge in [-0.05, 0) is 26.0 Å². The Morgan fingerprint density at radius 1 is 1.00 bits per heavy atom. The van der Waals surface area contributed by atoms with Gasteiger partial charge in [0.2, 0.25) is 0 Å². The summed E-state index contributed by atoms with van der Waals surface area (Å²) >= 11 is 2.00. The summed E-state index contributed by atoms with van der Waals surface area (Å²) in [6, 6.07) is 0. The quantitative estimate of drug-likeness (QED) is 0.594. The van der Waals surface area contributed by atoms with Gasteiger partial charge in [0, 0.05) is 11.3 Å². The minimum atomic E-state index is 0.00682. The monoisotopic (exact) mass is 217 g/mol. The van der Waals surface area contributed by atoms with E-state index in [1.165, 1.54) is 44.3 Å². The molecule has 0 aliphatic carbocycles. The minimum Gasteiger partial charge on any atom is -0.325 e. The molecule has 0 spiro atoms. The van der Waals surface area contributed by atoms with Gasteiger partial charge in [0.05, 0.1) is 0 Å². The van der Waals surface area contributed by atoms with Crippen LogP contribution in [0.2, 0.25) is 0 Å². The van der Waals surface area contributed by atoms with Crippen molar-refractivity contribution in [2.24, 2.45) is 5.73 Å². The van der Waals surface area contributed by atoms with E-state index < -0.39 is 0 Å². The summed E-state index contributed by atoms with van der Waals surface area (Å²) in [5, 5.41) is 0. The maximum atomic E-state index is 5.90. The van der Waals surface area contributed by atoms with Gasteiger partial charge in [-0.2, -0.15) is 11.8 Å². The maximum absolute atomic E-state index is 5.90. The number of hydrogen-bond donors (Lipinski definition) is 1. The molecule has 0 heterocycles. The average Bonchev–Trinajstić information content (AvgIpc) is 2.08. The lowest BCUT2D eigenvalue weighted by Gasteiger charge is -2.17. The highest BCUT2D eigenvalue weighted by atomic mass is 32.2. The fourth-order valence-corrected chi connectivity index (χ4v) is 2.40. The molecule has 0 unspecified atom stereocenters. The van der Waals surface area contributed by atoms with Crippen LogP contribution in [-0.2, 0) is 0 Å². The van der Waals surface area contributed by atoms with Gasteiger partial charge in [0.25, 0.3) is 0 Å². The fraction of sp³-hybridized carbons (Fsp3) is 1.00. The Labute approximate surface area is 94.2 Å². The Balaban J connectivity index is 2.99. The van der Waals surface area contributed by atoms with E-state index in [1.807, 2.05) is 11.8 Å². The second-order valence-electron chi connectivity index (χ2n) is 4.81. The van der Waals surface area contributed by atoms with Gasteiger partial charge in [0.15, 0.2) is 0 Å². The smallest absolute Gasteiger partial charge is 0.0188 e. The molecule has 0 radical (unpaired) electrons. The van der Waals surface area contributed by atoms with Gasteiger partial charge in [0.1, 0.15) is 0 Å². The van der Waals surface area contributed by atoms with Crippen molar-refractivity contribution < 1.29 is 0 Å². The van der Waals surface area contributed by atoms with Crippen LogP contribution in [0.3, 0.4) is 0 Å². The summed E-state index contributed by atoms with van der Waals surface area (Å²) in [5.41, 5.74) is 5.90. The molecule has 0 saturated carbocycles. The van der Waals surface area contributed by atoms with Crippen LogP contribution in [0.25, 0.3) is 0 Å². The first-order valence-corrected chi connectivity index (χ1v) is 7.08. The Morgan fingerprint density at radius 2 is 1.57 bits per heavy atom. The third-order valence-corrected chi connectivity index (χ3v) is 3.64. The van der Waals surface area contributed by atoms with Gasteiger partial charge in [-0.15, -0.1) is 0 Å². The summed E-state index contributed by atoms with van der Waals surface area (Å²) in [7, 11) is 0. The van der Waals surface area contributed by atoms with Gasteiger partial charge >= 0.3 is 0 Å². The first-order valence-electron chi connectivity index (χ1n) is 5.93. The fourth-order valence-electron chi connectivity index (χ4n) is 1.32. The molecule has 0 aromatic rings. The molecule has 2 heteroatoms. The highest BCUT2D eigenvalue weighted by Crippen LogP contribution is 2.13. The van der Waals surface area contributed by atoms with Crippen molar-refractivity contribution in [2.45, 2.75) is 64.8 Å². The molecule has 0 amide bonds. The van der Waals surface area contributed by atoms with Crippen molar-refractivity contribution in [2.75, 3.05) is 11.5 Å². The highest BCUT2D eigenvalue weighted by Gasteiger charge is 2.09. The van der Waals surface area contributed by atoms with Crippen molar-refractivity contribution in [1.82, 2.24) is 0 Å². The van der Waals surface area contributed by atoms with Crippen molar-refractivity contribution in [3.63, 3.8) is 0 Å². The number of nitrogens with two attached hydrogens (primary N) is 1. The Hall–Kier alpha value is 0.310. The number of rotatable bonds is 9. The lowest BCUT2D eigenvalue weighted by molar-refractivity contribution is 0.590. The second kappa shape index (κ2) is 8.60. The van der Waals surface area contributed by atoms with E-state index in [9.17, 15) is 0 Å². The van der Waals surface area contributed by atoms with Crippen LogP contribution < -0.4 is 5.73 Å². The summed E-state index contributed by atoms with van der Waals surface area (Å²) in [4.78, 5) is 0. The van der Waals surface area contributed by atoms with E-state index in [1.54, 1.807) is 0 Å². The molecule has 14 heavy (non-hydrogen) atoms. The zero-order chi connectivity index (χ0) is 10.9. The maximum Gasteiger partial charge on any atom is 0.0188 e. The van der Waals surface area contributed by atoms with E-state index >= 15 is 0 Å². The van der Waals surface area contributed by atoms with Crippen LogP contribution in [0.4, 0.5) is 0 Å². The molecule has 0 fully saturated rings. The van der Waals surface area contributed by atoms with E-state index in [0.717, 1.165) is 5.75 Å². The SMILES string of the molecule is CCCCCCCCSCC(C)(C)N. The number of unbranched alkanes of at least 4 members (excludes halogenated alkanes) is 5. The summed E-state index contributed by atoms with van der Waals surface area (Å²) in [6.45, 7) is 6.46. The van der Waals surface area contributed by atoms with Gasteiger partial charge in [-0.25, -0.2) is 0 Å². The van der Waals surface area contributed by atoms with Gasteiger partial charge < -0.3 is 5.73 Å². The molecule has 0 rings (SSSR count). The van der Waals surface area contributed by atoms with Gasteiger partial charge in [-0.1, -0.05) is 39.0 Å². The summed E-state index contributed by atoms with van der Waals surface area (Å²) in [5.74, 6) is 2.37. The molecule has 1 nitrogen and oxygen atoms in total. The highest BCUT2D eigenvalue weighted by molar-refractivity contribution is 7.99. The predicted octanol–water partition coefficient (Wildman–Crippen LogP) is 3.82. The normalized spacial score (nSPS) is 12.0. The molecule has 0 saturated heterocycles. The Morgan fingerprint density at radius 3 is 2.14 bits per heavy atom. The van der Waals surface area contributed by atoms with Gasteiger partial charge in [-0.3, -0.25) is 0 Å². The topological polar surface area (TPSA) is 26.0 Å². The molecule has 0 atom stereocenters. The molecule has 0 aromatic heterocycles. The minimum absolute atomic E-state index is 0.00682. The van der Waals surface area contributed by atoms with E-state index in [2.05, 4.69) is 20.8 Å². The molecule has 0 aliphatic rings. The summed E-state index contributed by atoms with van der Waals surface area (Å²) in [6.07, 6.45) is 8.35. The van der Waals surface area contributed by atoms with Crippen molar-refractivity contribution >= 4 is 11.8 Å². The molecular weight excluding hydrogens is 190 g/mol. The Kier molecular flexibility index (Phi) is 8.80. The molecule has 0 bridgehead atoms. The first kappa shape index (κ1) is 14.3. The molecule has 86 valence electrons. The van der Waals surface area contributed by atoms with Crippen molar-refractivity contribution in [1.29, 1.82) is 0 Å². The molecular formula is C12H27NS. The first-order chi connectivity index (χ1) is 6.56. The lowest BCUT2D eigenvalue weighted by atomic mass is 10.1. The summed E-state index contributed by atoms with van der Waals surface area (Å²) < 4.78 is 0. The number of hydrogen-bond acceptors (Lipinski definition) is 2. The second-order valence-corrected chi connectivity index (χ2v) is 5.91. The van der Waals surface area contributed by atoms with Crippen molar-refractivity contribution in [3.05, 3.63) is 0 Å². The van der Waals surface area contributed by atoms with E-state index in [4.69, 9.17) is 5.73 Å². The standard InChI is InChI=1S/C12H27NS/c1-4-5-6-7-8-9-10-14-11-12(2,3)13/h4-11,13H2,1-3H3. The van der Waals surface area contributed by atoms with Crippen LogP contribution in [0.15, 0.2) is 0 Å². The molecule has 2 N–H and O–H groups in total. The van der Waals surface area contributed by atoms with E-state index in [0.29, 0.717) is 0 Å². The predicted molar refractivity (Wildman–Crippen MR) is 69.0 cm³/mol. The average molecular weight is 217 g/mol. The van der Waals surface area contributed by atoms with Crippen LogP contribution in [0, 0.1) is 0 Å². The zero-order valence-electron chi connectivity index (χ0n) is 10.1. The van der Waals surface area contributed by atoms with Crippen LogP contribution in [0.5, 0.6) is 0 Å². The Bertz CT molecular complexity index is 118. The van der Waals surface area contributed by atoms with Crippen LogP contribution in [-0.4, -0.2) is 17.0 Å². The van der Waals surface area contributed by atoms with Crippen LogP contribution in [0.1, 0.15) is 59.3 Å². The molecule has 0 aliphatic heterocycles. The van der Waals surface area contributed by atoms with Crippen LogP contribution >= 0.6 is 11.8 Å².